The molecule has 0 atom stereocenters. The third kappa shape index (κ3) is 2.75. The van der Waals surface area contributed by atoms with Gasteiger partial charge in [0, 0.05) is 0 Å². The molecule has 0 heteroatoms. The van der Waals surface area contributed by atoms with E-state index in [4.69, 9.17) is 13.7 Å². The molecular formula is C21H20. The van der Waals surface area contributed by atoms with Crippen LogP contribution in [0.2, 0.25) is 0 Å². The van der Waals surface area contributed by atoms with E-state index in [0.717, 1.165) is 0 Å². The summed E-state index contributed by atoms with van der Waals surface area (Å²) < 4.78 is 81.0. The molecule has 0 bridgehead atoms. The Bertz CT molecular complexity index is 1070. The summed E-state index contributed by atoms with van der Waals surface area (Å²) in [5.74, 6) is -0.234. The Morgan fingerprint density at radius 3 is 1.52 bits per heavy atom. The lowest BCUT2D eigenvalue weighted by atomic mass is 9.86. The number of benzene rings is 3. The standard InChI is InChI=1S/C21H20/c1-16(2)21-19(17-10-5-3-6-11-17)14-9-15-20(21)18-12-7-4-8-13-18/h3-16H,1-2H3/i3D,4D,5D,6D,7D,8D,10D,11D,12D,13D. The Kier molecular flexibility index (Phi) is 1.76. The third-order valence-electron chi connectivity index (χ3n) is 3.22. The van der Waals surface area contributed by atoms with Gasteiger partial charge in [0.15, 0.2) is 0 Å². The highest BCUT2D eigenvalue weighted by atomic mass is 14.2. The van der Waals surface area contributed by atoms with Gasteiger partial charge >= 0.3 is 0 Å². The van der Waals surface area contributed by atoms with E-state index in [1.807, 2.05) is 13.8 Å². The van der Waals surface area contributed by atoms with Gasteiger partial charge < -0.3 is 0 Å². The highest BCUT2D eigenvalue weighted by Crippen LogP contribution is 2.36. The molecule has 104 valence electrons. The van der Waals surface area contributed by atoms with Crippen molar-refractivity contribution in [2.45, 2.75) is 19.8 Å². The van der Waals surface area contributed by atoms with Gasteiger partial charge in [-0.15, -0.1) is 0 Å². The number of hydrogen-bond acceptors (Lipinski definition) is 0. The molecule has 3 aromatic rings. The lowest BCUT2D eigenvalue weighted by Gasteiger charge is -2.18. The van der Waals surface area contributed by atoms with E-state index in [2.05, 4.69) is 0 Å². The van der Waals surface area contributed by atoms with Crippen LogP contribution in [0.4, 0.5) is 0 Å². The monoisotopic (exact) mass is 282 g/mol. The van der Waals surface area contributed by atoms with Crippen molar-refractivity contribution in [3.63, 3.8) is 0 Å². The summed E-state index contributed by atoms with van der Waals surface area (Å²) in [6.07, 6.45) is 0. The lowest BCUT2D eigenvalue weighted by molar-refractivity contribution is 0.871. The van der Waals surface area contributed by atoms with Gasteiger partial charge in [0.1, 0.15) is 0 Å². The van der Waals surface area contributed by atoms with Crippen LogP contribution >= 0.6 is 0 Å². The molecule has 0 aliphatic rings. The second-order valence-corrected chi connectivity index (χ2v) is 4.92. The Morgan fingerprint density at radius 1 is 0.714 bits per heavy atom. The Morgan fingerprint density at radius 2 is 1.14 bits per heavy atom. The van der Waals surface area contributed by atoms with E-state index in [9.17, 15) is 0 Å². The first-order chi connectivity index (χ1) is 14.4. The fourth-order valence-corrected chi connectivity index (χ4v) is 2.39. The van der Waals surface area contributed by atoms with Crippen LogP contribution in [0.15, 0.2) is 78.6 Å². The molecule has 0 spiro atoms. The zero-order valence-corrected chi connectivity index (χ0v) is 11.8. The maximum Gasteiger partial charge on any atom is 0.0629 e. The molecule has 21 heavy (non-hydrogen) atoms. The normalized spacial score (nSPS) is 17.5. The van der Waals surface area contributed by atoms with Gasteiger partial charge in [-0.1, -0.05) is 92.5 Å². The zero-order chi connectivity index (χ0) is 23.4. The predicted octanol–water partition coefficient (Wildman–Crippen LogP) is 6.14. The molecule has 0 saturated carbocycles. The van der Waals surface area contributed by atoms with Crippen molar-refractivity contribution in [3.05, 3.63) is 84.2 Å². The first kappa shape index (κ1) is 6.19. The van der Waals surface area contributed by atoms with E-state index >= 15 is 0 Å². The van der Waals surface area contributed by atoms with Gasteiger partial charge in [0.2, 0.25) is 0 Å². The van der Waals surface area contributed by atoms with Crippen molar-refractivity contribution in [1.29, 1.82) is 0 Å². The minimum Gasteiger partial charge on any atom is -0.0622 e. The van der Waals surface area contributed by atoms with Crippen LogP contribution in [-0.4, -0.2) is 0 Å². The fourth-order valence-electron chi connectivity index (χ4n) is 2.39. The highest BCUT2D eigenvalue weighted by Gasteiger charge is 2.14. The number of rotatable bonds is 3. The smallest absolute Gasteiger partial charge is 0.0622 e. The second kappa shape index (κ2) is 5.97. The summed E-state index contributed by atoms with van der Waals surface area (Å²) >= 11 is 0. The van der Waals surface area contributed by atoms with Gasteiger partial charge in [-0.2, -0.15) is 0 Å². The minimum atomic E-state index is -0.494. The maximum atomic E-state index is 8.34. The molecule has 0 amide bonds. The van der Waals surface area contributed by atoms with Gasteiger partial charge in [0.05, 0.1) is 13.7 Å². The van der Waals surface area contributed by atoms with Crippen LogP contribution in [0.3, 0.4) is 0 Å². The number of hydrogen-bond donors (Lipinski definition) is 0. The van der Waals surface area contributed by atoms with Crippen molar-refractivity contribution >= 4 is 0 Å². The maximum absolute atomic E-state index is 8.34. The van der Waals surface area contributed by atoms with E-state index in [1.54, 1.807) is 18.2 Å². The van der Waals surface area contributed by atoms with Crippen LogP contribution in [-0.2, 0) is 0 Å². The zero-order valence-electron chi connectivity index (χ0n) is 21.8. The molecule has 0 unspecified atom stereocenters. The first-order valence-electron chi connectivity index (χ1n) is 11.7. The molecule has 0 aliphatic carbocycles. The lowest BCUT2D eigenvalue weighted by Crippen LogP contribution is -1.96. The van der Waals surface area contributed by atoms with Gasteiger partial charge in [-0.25, -0.2) is 0 Å². The van der Waals surface area contributed by atoms with Gasteiger partial charge in [0.25, 0.3) is 0 Å². The average Bonchev–Trinajstić information content (AvgIpc) is 2.73. The van der Waals surface area contributed by atoms with Crippen LogP contribution in [0.1, 0.15) is 39.0 Å². The van der Waals surface area contributed by atoms with Crippen molar-refractivity contribution in [3.8, 4) is 22.3 Å². The Labute approximate surface area is 141 Å². The topological polar surface area (TPSA) is 0 Å². The van der Waals surface area contributed by atoms with Crippen LogP contribution < -0.4 is 0 Å². The molecule has 0 aliphatic heterocycles. The largest absolute Gasteiger partial charge is 0.0629 e. The van der Waals surface area contributed by atoms with Gasteiger partial charge in [-0.3, -0.25) is 0 Å². The Balaban J connectivity index is 2.49. The van der Waals surface area contributed by atoms with Crippen molar-refractivity contribution in [1.82, 2.24) is 0 Å². The molecule has 3 aromatic carbocycles. The van der Waals surface area contributed by atoms with E-state index < -0.39 is 36.3 Å². The summed E-state index contributed by atoms with van der Waals surface area (Å²) in [6, 6.07) is 0.602. The molecular weight excluding hydrogens is 252 g/mol. The second-order valence-electron chi connectivity index (χ2n) is 4.92. The summed E-state index contributed by atoms with van der Waals surface area (Å²) in [5.41, 5.74) is 1.32. The van der Waals surface area contributed by atoms with Gasteiger partial charge in [-0.05, 0) is 33.7 Å². The molecule has 0 heterocycles. The van der Waals surface area contributed by atoms with E-state index in [-0.39, 0.29) is 41.2 Å². The van der Waals surface area contributed by atoms with Crippen molar-refractivity contribution in [2.24, 2.45) is 0 Å². The quantitative estimate of drug-likeness (QED) is 0.541. The molecule has 0 nitrogen and oxygen atoms in total. The summed E-state index contributed by atoms with van der Waals surface area (Å²) in [5, 5.41) is 0. The summed E-state index contributed by atoms with van der Waals surface area (Å²) in [7, 11) is 0. The minimum absolute atomic E-state index is 0.0175. The highest BCUT2D eigenvalue weighted by molar-refractivity contribution is 5.79. The molecule has 0 aromatic heterocycles. The fraction of sp³-hybridized carbons (Fsp3) is 0.143. The molecule has 0 saturated heterocycles. The molecule has 0 N–H and O–H groups in total. The van der Waals surface area contributed by atoms with E-state index in [1.165, 1.54) is 0 Å². The first-order valence-corrected chi connectivity index (χ1v) is 6.69. The van der Waals surface area contributed by atoms with Crippen molar-refractivity contribution < 1.29 is 13.7 Å². The molecule has 0 radical (unpaired) electrons. The Hall–Kier alpha value is -2.34. The van der Waals surface area contributed by atoms with Crippen LogP contribution in [0.5, 0.6) is 0 Å². The van der Waals surface area contributed by atoms with E-state index in [0.29, 0.717) is 16.7 Å². The van der Waals surface area contributed by atoms with Crippen LogP contribution in [0.25, 0.3) is 22.3 Å². The molecule has 0 fully saturated rings. The van der Waals surface area contributed by atoms with Crippen molar-refractivity contribution in [2.75, 3.05) is 0 Å². The third-order valence-corrected chi connectivity index (χ3v) is 3.22. The predicted molar refractivity (Wildman–Crippen MR) is 91.4 cm³/mol. The SMILES string of the molecule is [2H]c1c([2H])c([2H])c(-c2cccc(-c3c([2H])c([2H])c([2H])c([2H])c3[2H])c2C(C)C)c([2H])c1[2H]. The molecule has 3 rings (SSSR count). The summed E-state index contributed by atoms with van der Waals surface area (Å²) in [6.45, 7) is 3.68. The summed E-state index contributed by atoms with van der Waals surface area (Å²) in [4.78, 5) is 0. The van der Waals surface area contributed by atoms with Crippen LogP contribution in [0, 0.1) is 0 Å². The average molecular weight is 282 g/mol.